The molecule has 0 aliphatic heterocycles. The van der Waals surface area contributed by atoms with Gasteiger partial charge in [-0.25, -0.2) is 0 Å². The van der Waals surface area contributed by atoms with Crippen molar-refractivity contribution in [1.82, 2.24) is 5.32 Å². The molecule has 0 bridgehead atoms. The lowest BCUT2D eigenvalue weighted by Gasteiger charge is -2.09. The van der Waals surface area contributed by atoms with E-state index < -0.39 is 36.8 Å². The number of carbonyl (C=O) groups excluding carboxylic acids is 2. The number of halogens is 6. The van der Waals surface area contributed by atoms with Gasteiger partial charge in [-0.15, -0.1) is 0 Å². The Morgan fingerprint density at radius 1 is 1.21 bits per heavy atom. The lowest BCUT2D eigenvalue weighted by molar-refractivity contribution is -0.404. The molecular weight excluding hydrogens is 286 g/mol. The Labute approximate surface area is 103 Å². The van der Waals surface area contributed by atoms with E-state index in [9.17, 15) is 31.1 Å². The lowest BCUT2D eigenvalue weighted by atomic mass is 10.2. The number of rotatable bonds is 3. The fraction of sp³-hybridized carbons (Fsp3) is 0.750. The first kappa shape index (κ1) is 19.8. The quantitative estimate of drug-likeness (QED) is 0.653. The molecule has 0 aromatic rings. The molecule has 0 heterocycles. The highest BCUT2D eigenvalue weighted by atomic mass is 19.4. The Bertz CT molecular complexity index is 302. The minimum atomic E-state index is -5.19. The molecule has 0 aliphatic carbocycles. The number of hydrogen-bond acceptors (Lipinski definition) is 3. The number of carboxylic acid groups (broad SMARTS) is 1. The third-order valence-corrected chi connectivity index (χ3v) is 1.56. The van der Waals surface area contributed by atoms with E-state index in [1.807, 2.05) is 0 Å². The molecule has 0 saturated heterocycles. The first-order chi connectivity index (χ1) is 8.31. The number of aliphatic carboxylic acids is 1. The SMILES string of the molecule is CC[C@H]([NH3+])C(=O)NCC(F)(F)F.O=C([O-])C(F)(F)F. The number of amides is 1. The number of nitrogens with one attached hydrogen (secondary N) is 1. The molecule has 11 heteroatoms. The zero-order valence-corrected chi connectivity index (χ0v) is 9.69. The van der Waals surface area contributed by atoms with E-state index in [1.165, 1.54) is 0 Å². The van der Waals surface area contributed by atoms with Crippen LogP contribution in [0.4, 0.5) is 26.3 Å². The Morgan fingerprint density at radius 3 is 1.79 bits per heavy atom. The van der Waals surface area contributed by atoms with Crippen LogP contribution in [0.3, 0.4) is 0 Å². The summed E-state index contributed by atoms with van der Waals surface area (Å²) >= 11 is 0. The first-order valence-corrected chi connectivity index (χ1v) is 4.77. The third kappa shape index (κ3) is 12.7. The van der Waals surface area contributed by atoms with Crippen LogP contribution in [-0.2, 0) is 9.59 Å². The molecule has 5 nitrogen and oxygen atoms in total. The number of carbonyl (C=O) groups is 2. The van der Waals surface area contributed by atoms with E-state index in [2.05, 4.69) is 5.73 Å². The Kier molecular flexibility index (Phi) is 8.15. The van der Waals surface area contributed by atoms with Crippen LogP contribution in [0.1, 0.15) is 13.3 Å². The fourth-order valence-electron chi connectivity index (χ4n) is 0.517. The summed E-state index contributed by atoms with van der Waals surface area (Å²) in [6, 6.07) is -0.604. The monoisotopic (exact) mass is 298 g/mol. The molecular formula is C8H12F6N2O3. The Morgan fingerprint density at radius 2 is 1.58 bits per heavy atom. The Balaban J connectivity index is 0. The zero-order valence-electron chi connectivity index (χ0n) is 9.69. The van der Waals surface area contributed by atoms with E-state index in [1.54, 1.807) is 12.2 Å². The van der Waals surface area contributed by atoms with Gasteiger partial charge >= 0.3 is 12.4 Å². The summed E-state index contributed by atoms with van der Waals surface area (Å²) in [5.41, 5.74) is 3.38. The molecule has 0 aliphatic rings. The van der Waals surface area contributed by atoms with Crippen molar-refractivity contribution in [3.63, 3.8) is 0 Å². The van der Waals surface area contributed by atoms with Crippen LogP contribution in [0.2, 0.25) is 0 Å². The highest BCUT2D eigenvalue weighted by Gasteiger charge is 2.29. The number of hydrogen-bond donors (Lipinski definition) is 2. The van der Waals surface area contributed by atoms with E-state index in [4.69, 9.17) is 9.90 Å². The summed E-state index contributed by atoms with van der Waals surface area (Å²) in [7, 11) is 0. The van der Waals surface area contributed by atoms with Crippen LogP contribution in [0, 0.1) is 0 Å². The van der Waals surface area contributed by atoms with Gasteiger partial charge in [-0.1, -0.05) is 6.92 Å². The smallest absolute Gasteiger partial charge is 0.430 e. The minimum absolute atomic E-state index is 0.434. The number of quaternary nitrogens is 1. The van der Waals surface area contributed by atoms with E-state index in [-0.39, 0.29) is 0 Å². The predicted molar refractivity (Wildman–Crippen MR) is 47.1 cm³/mol. The van der Waals surface area contributed by atoms with Crippen LogP contribution in [-0.4, -0.2) is 36.8 Å². The maximum Gasteiger partial charge on any atom is 0.430 e. The van der Waals surface area contributed by atoms with Gasteiger partial charge in [0.05, 0.1) is 0 Å². The Hall–Kier alpha value is -1.52. The van der Waals surface area contributed by atoms with Gasteiger partial charge in [-0.3, -0.25) is 4.79 Å². The van der Waals surface area contributed by atoms with Crippen LogP contribution in [0.15, 0.2) is 0 Å². The molecule has 0 radical (unpaired) electrons. The van der Waals surface area contributed by atoms with Crippen molar-refractivity contribution in [2.75, 3.05) is 6.54 Å². The van der Waals surface area contributed by atoms with Crippen LogP contribution in [0.25, 0.3) is 0 Å². The van der Waals surface area contributed by atoms with Gasteiger partial charge in [0.15, 0.2) is 6.04 Å². The average Bonchev–Trinajstić information content (AvgIpc) is 2.23. The van der Waals surface area contributed by atoms with Crippen molar-refractivity contribution in [1.29, 1.82) is 0 Å². The highest BCUT2D eigenvalue weighted by Crippen LogP contribution is 2.12. The summed E-state index contributed by atoms with van der Waals surface area (Å²) < 4.78 is 66.2. The van der Waals surface area contributed by atoms with Crippen molar-refractivity contribution >= 4 is 11.9 Å². The van der Waals surface area contributed by atoms with E-state index in [0.717, 1.165) is 0 Å². The molecule has 4 N–H and O–H groups in total. The normalized spacial score (nSPS) is 13.1. The molecule has 1 atom stereocenters. The van der Waals surface area contributed by atoms with Crippen molar-refractivity contribution < 1.29 is 46.8 Å². The molecule has 0 saturated carbocycles. The van der Waals surface area contributed by atoms with Gasteiger partial charge in [0.2, 0.25) is 0 Å². The van der Waals surface area contributed by atoms with Crippen LogP contribution >= 0.6 is 0 Å². The number of carboxylic acids is 1. The zero-order chi connectivity index (χ0) is 15.9. The predicted octanol–water partition coefficient (Wildman–Crippen LogP) is -1.02. The standard InChI is InChI=1S/C6H11F3N2O.C2HF3O2/c1-2-4(10)5(12)11-3-6(7,8)9;3-2(4,5)1(6)7/h4H,2-3,10H2,1H3,(H,11,12);(H,6,7)/t4-;/m0./s1. The summed E-state index contributed by atoms with van der Waals surface area (Å²) in [4.78, 5) is 19.5. The van der Waals surface area contributed by atoms with Crippen molar-refractivity contribution in [2.24, 2.45) is 0 Å². The molecule has 0 unspecified atom stereocenters. The van der Waals surface area contributed by atoms with E-state index >= 15 is 0 Å². The van der Waals surface area contributed by atoms with Gasteiger partial charge in [0.25, 0.3) is 5.91 Å². The van der Waals surface area contributed by atoms with Crippen molar-refractivity contribution in [2.45, 2.75) is 31.7 Å². The summed E-state index contributed by atoms with van der Waals surface area (Å²) in [6.07, 6.45) is -9.10. The van der Waals surface area contributed by atoms with Crippen molar-refractivity contribution in [3.8, 4) is 0 Å². The molecule has 0 rings (SSSR count). The maximum absolute atomic E-state index is 11.5. The average molecular weight is 298 g/mol. The van der Waals surface area contributed by atoms with Gasteiger partial charge in [0.1, 0.15) is 12.5 Å². The van der Waals surface area contributed by atoms with Gasteiger partial charge in [0, 0.05) is 6.42 Å². The van der Waals surface area contributed by atoms with Crippen molar-refractivity contribution in [3.05, 3.63) is 0 Å². The third-order valence-electron chi connectivity index (χ3n) is 1.56. The van der Waals surface area contributed by atoms with Crippen LogP contribution < -0.4 is 16.2 Å². The first-order valence-electron chi connectivity index (χ1n) is 4.77. The highest BCUT2D eigenvalue weighted by molar-refractivity contribution is 5.79. The molecule has 0 fully saturated rings. The van der Waals surface area contributed by atoms with E-state index in [0.29, 0.717) is 6.42 Å². The second kappa shape index (κ2) is 7.81. The molecule has 0 aromatic carbocycles. The fourth-order valence-corrected chi connectivity index (χ4v) is 0.517. The molecule has 1 amide bonds. The van der Waals surface area contributed by atoms with Crippen LogP contribution in [0.5, 0.6) is 0 Å². The molecule has 0 spiro atoms. The lowest BCUT2D eigenvalue weighted by Crippen LogP contribution is -2.67. The summed E-state index contributed by atoms with van der Waals surface area (Å²) in [5.74, 6) is -3.66. The second-order valence-electron chi connectivity index (χ2n) is 3.22. The number of alkyl halides is 6. The molecule has 19 heavy (non-hydrogen) atoms. The minimum Gasteiger partial charge on any atom is -0.542 e. The van der Waals surface area contributed by atoms with Gasteiger partial charge in [-0.2, -0.15) is 26.3 Å². The summed E-state index contributed by atoms with van der Waals surface area (Å²) in [5, 5.41) is 10.5. The largest absolute Gasteiger partial charge is 0.542 e. The molecule has 0 aromatic heterocycles. The van der Waals surface area contributed by atoms with Gasteiger partial charge in [-0.05, 0) is 0 Å². The molecule has 114 valence electrons. The van der Waals surface area contributed by atoms with Gasteiger partial charge < -0.3 is 21.0 Å². The topological polar surface area (TPSA) is 96.9 Å². The maximum atomic E-state index is 11.5. The second-order valence-corrected chi connectivity index (χ2v) is 3.22. The summed E-state index contributed by atoms with van der Waals surface area (Å²) in [6.45, 7) is 0.405.